The number of nitro groups is 1. The smallest absolute Gasteiger partial charge is 0.271 e. The lowest BCUT2D eigenvalue weighted by atomic mass is 10.1. The van der Waals surface area contributed by atoms with Crippen molar-refractivity contribution in [1.29, 1.82) is 0 Å². The van der Waals surface area contributed by atoms with Crippen LogP contribution in [0.5, 0.6) is 0 Å². The van der Waals surface area contributed by atoms with E-state index >= 15 is 0 Å². The van der Waals surface area contributed by atoms with E-state index in [-0.39, 0.29) is 36.1 Å². The lowest BCUT2D eigenvalue weighted by Gasteiger charge is -2.33. The standard InChI is InChI=1S/C16H24N4O5S/c1-4-17-16(21)11-18-5-7-19(8-6-18)26(24,25)15-10-14(20(22)23)9-12(2)13(15)3/h9-10H,4-8,11H2,1-3H3,(H,17,21). The van der Waals surface area contributed by atoms with Crippen molar-refractivity contribution in [2.75, 3.05) is 39.3 Å². The average Bonchev–Trinajstić information content (AvgIpc) is 2.57. The number of hydrogen-bond donors (Lipinski definition) is 1. The molecule has 10 heteroatoms. The number of carbonyl (C=O) groups excluding carboxylic acids is 1. The number of hydrogen-bond acceptors (Lipinski definition) is 6. The number of benzene rings is 1. The lowest BCUT2D eigenvalue weighted by molar-refractivity contribution is -0.385. The Hall–Kier alpha value is -2.04. The highest BCUT2D eigenvalue weighted by Crippen LogP contribution is 2.28. The number of carbonyl (C=O) groups is 1. The van der Waals surface area contributed by atoms with Gasteiger partial charge in [0.15, 0.2) is 0 Å². The third-order valence-electron chi connectivity index (χ3n) is 4.51. The Kier molecular flexibility index (Phi) is 6.32. The molecular weight excluding hydrogens is 360 g/mol. The molecule has 1 saturated heterocycles. The molecule has 1 aromatic carbocycles. The summed E-state index contributed by atoms with van der Waals surface area (Å²) in [7, 11) is -3.83. The molecule has 2 rings (SSSR count). The van der Waals surface area contributed by atoms with E-state index in [2.05, 4.69) is 5.32 Å². The Balaban J connectivity index is 2.17. The Morgan fingerprint density at radius 3 is 2.38 bits per heavy atom. The number of piperazine rings is 1. The molecule has 1 heterocycles. The van der Waals surface area contributed by atoms with Gasteiger partial charge in [0.05, 0.1) is 16.4 Å². The van der Waals surface area contributed by atoms with Gasteiger partial charge in [-0.1, -0.05) is 0 Å². The van der Waals surface area contributed by atoms with Crippen LogP contribution in [-0.4, -0.2) is 67.7 Å². The number of amides is 1. The number of nitrogens with one attached hydrogen (secondary N) is 1. The minimum atomic E-state index is -3.83. The zero-order chi connectivity index (χ0) is 19.5. The predicted octanol–water partition coefficient (Wildman–Crippen LogP) is 0.654. The fourth-order valence-corrected chi connectivity index (χ4v) is 4.65. The summed E-state index contributed by atoms with van der Waals surface area (Å²) in [4.78, 5) is 24.0. The molecule has 1 amide bonds. The summed E-state index contributed by atoms with van der Waals surface area (Å²) in [6.45, 7) is 7.28. The average molecular weight is 384 g/mol. The van der Waals surface area contributed by atoms with Crippen LogP contribution in [0.3, 0.4) is 0 Å². The van der Waals surface area contributed by atoms with Crippen molar-refractivity contribution >= 4 is 21.6 Å². The number of likely N-dealkylation sites (N-methyl/N-ethyl adjacent to an activating group) is 1. The first kappa shape index (κ1) is 20.3. The molecule has 0 unspecified atom stereocenters. The summed E-state index contributed by atoms with van der Waals surface area (Å²) >= 11 is 0. The zero-order valence-electron chi connectivity index (χ0n) is 15.2. The lowest BCUT2D eigenvalue weighted by Crippen LogP contribution is -2.51. The van der Waals surface area contributed by atoms with Crippen molar-refractivity contribution in [3.05, 3.63) is 33.4 Å². The highest BCUT2D eigenvalue weighted by Gasteiger charge is 2.31. The summed E-state index contributed by atoms with van der Waals surface area (Å²) in [5.74, 6) is -0.0889. The summed E-state index contributed by atoms with van der Waals surface area (Å²) < 4.78 is 27.3. The molecule has 0 bridgehead atoms. The number of sulfonamides is 1. The monoisotopic (exact) mass is 384 g/mol. The molecule has 9 nitrogen and oxygen atoms in total. The van der Waals surface area contributed by atoms with Crippen molar-refractivity contribution in [1.82, 2.24) is 14.5 Å². The normalized spacial score (nSPS) is 16.4. The van der Waals surface area contributed by atoms with Crippen molar-refractivity contribution < 1.29 is 18.1 Å². The molecule has 1 fully saturated rings. The van der Waals surface area contributed by atoms with Crippen LogP contribution in [0.25, 0.3) is 0 Å². The van der Waals surface area contributed by atoms with Crippen molar-refractivity contribution in [2.24, 2.45) is 0 Å². The van der Waals surface area contributed by atoms with E-state index in [0.717, 1.165) is 6.07 Å². The number of nitro benzene ring substituents is 1. The molecule has 144 valence electrons. The second kappa shape index (κ2) is 8.11. The Labute approximate surface area is 153 Å². The molecule has 1 aromatic rings. The number of non-ortho nitro benzene ring substituents is 1. The van der Waals surface area contributed by atoms with Gasteiger partial charge in [-0.3, -0.25) is 19.8 Å². The van der Waals surface area contributed by atoms with Crippen LogP contribution in [-0.2, 0) is 14.8 Å². The zero-order valence-corrected chi connectivity index (χ0v) is 16.0. The first-order chi connectivity index (χ1) is 12.2. The fraction of sp³-hybridized carbons (Fsp3) is 0.562. The van der Waals surface area contributed by atoms with E-state index in [9.17, 15) is 23.3 Å². The summed E-state index contributed by atoms with van der Waals surface area (Å²) in [6.07, 6.45) is 0. The van der Waals surface area contributed by atoms with Crippen LogP contribution in [0.15, 0.2) is 17.0 Å². The maximum atomic E-state index is 13.0. The predicted molar refractivity (Wildman–Crippen MR) is 96.5 cm³/mol. The van der Waals surface area contributed by atoms with Gasteiger partial charge in [0.1, 0.15) is 0 Å². The van der Waals surface area contributed by atoms with E-state index in [1.165, 1.54) is 10.4 Å². The third-order valence-corrected chi connectivity index (χ3v) is 6.53. The molecular formula is C16H24N4O5S. The molecule has 1 aliphatic heterocycles. The van der Waals surface area contributed by atoms with Crippen LogP contribution in [0, 0.1) is 24.0 Å². The largest absolute Gasteiger partial charge is 0.355 e. The van der Waals surface area contributed by atoms with Gasteiger partial charge in [-0.15, -0.1) is 0 Å². The van der Waals surface area contributed by atoms with Crippen molar-refractivity contribution in [2.45, 2.75) is 25.7 Å². The topological polar surface area (TPSA) is 113 Å². The molecule has 0 spiro atoms. The van der Waals surface area contributed by atoms with Crippen LogP contribution >= 0.6 is 0 Å². The van der Waals surface area contributed by atoms with Gasteiger partial charge in [0, 0.05) is 44.9 Å². The molecule has 0 aliphatic carbocycles. The highest BCUT2D eigenvalue weighted by molar-refractivity contribution is 7.89. The Morgan fingerprint density at radius 2 is 1.85 bits per heavy atom. The molecule has 0 saturated carbocycles. The first-order valence-corrected chi connectivity index (χ1v) is 9.85. The van der Waals surface area contributed by atoms with Crippen molar-refractivity contribution in [3.8, 4) is 0 Å². The molecule has 0 atom stereocenters. The second-order valence-electron chi connectivity index (χ2n) is 6.28. The van der Waals surface area contributed by atoms with Gasteiger partial charge in [-0.25, -0.2) is 8.42 Å². The number of nitrogens with zero attached hydrogens (tertiary/aromatic N) is 3. The third kappa shape index (κ3) is 4.37. The Bertz CT molecular complexity index is 801. The molecule has 0 aromatic heterocycles. The highest BCUT2D eigenvalue weighted by atomic mass is 32.2. The molecule has 0 radical (unpaired) electrons. The van der Waals surface area contributed by atoms with Crippen LogP contribution in [0.2, 0.25) is 0 Å². The van der Waals surface area contributed by atoms with Gasteiger partial charge in [0.2, 0.25) is 15.9 Å². The summed E-state index contributed by atoms with van der Waals surface area (Å²) in [5, 5.41) is 13.8. The summed E-state index contributed by atoms with van der Waals surface area (Å²) in [6, 6.07) is 2.50. The second-order valence-corrected chi connectivity index (χ2v) is 8.18. The van der Waals surface area contributed by atoms with Gasteiger partial charge < -0.3 is 5.32 Å². The van der Waals surface area contributed by atoms with E-state index in [1.54, 1.807) is 13.8 Å². The van der Waals surface area contributed by atoms with E-state index < -0.39 is 14.9 Å². The van der Waals surface area contributed by atoms with Gasteiger partial charge in [-0.2, -0.15) is 4.31 Å². The summed E-state index contributed by atoms with van der Waals surface area (Å²) in [5.41, 5.74) is 0.842. The van der Waals surface area contributed by atoms with Crippen LogP contribution in [0.4, 0.5) is 5.69 Å². The van der Waals surface area contributed by atoms with Gasteiger partial charge in [-0.05, 0) is 31.9 Å². The van der Waals surface area contributed by atoms with Crippen LogP contribution in [0.1, 0.15) is 18.1 Å². The van der Waals surface area contributed by atoms with Crippen molar-refractivity contribution in [3.63, 3.8) is 0 Å². The minimum absolute atomic E-state index is 0.0265. The number of rotatable bonds is 6. The van der Waals surface area contributed by atoms with Gasteiger partial charge >= 0.3 is 0 Å². The SMILES string of the molecule is CCNC(=O)CN1CCN(S(=O)(=O)c2cc([N+](=O)[O-])cc(C)c2C)CC1. The quantitative estimate of drug-likeness (QED) is 0.569. The fourth-order valence-electron chi connectivity index (χ4n) is 2.91. The molecule has 1 N–H and O–H groups in total. The Morgan fingerprint density at radius 1 is 1.23 bits per heavy atom. The maximum absolute atomic E-state index is 13.0. The first-order valence-electron chi connectivity index (χ1n) is 8.41. The van der Waals surface area contributed by atoms with E-state index in [0.29, 0.717) is 30.8 Å². The maximum Gasteiger partial charge on any atom is 0.271 e. The molecule has 26 heavy (non-hydrogen) atoms. The van der Waals surface area contributed by atoms with E-state index in [4.69, 9.17) is 0 Å². The van der Waals surface area contributed by atoms with Gasteiger partial charge in [0.25, 0.3) is 5.69 Å². The molecule has 1 aliphatic rings. The van der Waals surface area contributed by atoms with E-state index in [1.807, 2.05) is 11.8 Å². The minimum Gasteiger partial charge on any atom is -0.355 e. The van der Waals surface area contributed by atoms with Crippen LogP contribution < -0.4 is 5.32 Å². The number of aryl methyl sites for hydroxylation is 1.